The van der Waals surface area contributed by atoms with Gasteiger partial charge in [0.25, 0.3) is 0 Å². The number of guanidine groups is 1. The van der Waals surface area contributed by atoms with Crippen molar-refractivity contribution in [2.24, 2.45) is 4.99 Å². The highest BCUT2D eigenvalue weighted by Gasteiger charge is 2.13. The summed E-state index contributed by atoms with van der Waals surface area (Å²) in [5, 5.41) is 3.90. The summed E-state index contributed by atoms with van der Waals surface area (Å²) in [7, 11) is -1.67. The molecule has 2 rings (SSSR count). The van der Waals surface area contributed by atoms with Crippen molar-refractivity contribution in [1.29, 1.82) is 0 Å². The molecule has 9 heteroatoms. The normalized spacial score (nSPS) is 12.0. The molecule has 1 aromatic heterocycles. The number of rotatable bonds is 8. The van der Waals surface area contributed by atoms with Gasteiger partial charge in [-0.2, -0.15) is 0 Å². The van der Waals surface area contributed by atoms with E-state index < -0.39 is 10.0 Å². The number of benzene rings is 1. The van der Waals surface area contributed by atoms with Crippen LogP contribution in [0, 0.1) is 0 Å². The molecule has 2 N–H and O–H groups in total. The number of nitrogens with one attached hydrogen (secondary N) is 2. The zero-order chi connectivity index (χ0) is 19.7. The summed E-state index contributed by atoms with van der Waals surface area (Å²) in [6, 6.07) is 10.7. The molecule has 0 unspecified atom stereocenters. The molecule has 7 nitrogen and oxygen atoms in total. The quantitative estimate of drug-likeness (QED) is 0.396. The Hall–Kier alpha value is -2.16. The van der Waals surface area contributed by atoms with Crippen LogP contribution in [0.2, 0.25) is 5.02 Å². The van der Waals surface area contributed by atoms with Gasteiger partial charge in [0.1, 0.15) is 4.90 Å². The number of aliphatic imine (C=N–C) groups is 1. The summed E-state index contributed by atoms with van der Waals surface area (Å²) in [5.74, 6) is 0.679. The van der Waals surface area contributed by atoms with Gasteiger partial charge in [0, 0.05) is 44.1 Å². The number of halogens is 1. The minimum Gasteiger partial charge on any atom is -0.357 e. The minimum absolute atomic E-state index is 0.136. The smallest absolute Gasteiger partial charge is 0.242 e. The van der Waals surface area contributed by atoms with Crippen molar-refractivity contribution in [1.82, 2.24) is 19.9 Å². The summed E-state index contributed by atoms with van der Waals surface area (Å²) in [6.45, 7) is 3.75. The Balaban J connectivity index is 1.96. The molecular formula is C18H24ClN5O2S. The molecule has 0 fully saturated rings. The van der Waals surface area contributed by atoms with Crippen LogP contribution < -0.4 is 10.0 Å². The van der Waals surface area contributed by atoms with Crippen molar-refractivity contribution in [2.75, 3.05) is 26.7 Å². The van der Waals surface area contributed by atoms with Gasteiger partial charge in [-0.25, -0.2) is 13.1 Å². The Labute approximate surface area is 165 Å². The van der Waals surface area contributed by atoms with Gasteiger partial charge >= 0.3 is 0 Å². The van der Waals surface area contributed by atoms with Crippen molar-refractivity contribution in [3.05, 3.63) is 59.4 Å². The van der Waals surface area contributed by atoms with Crippen LogP contribution in [0.4, 0.5) is 0 Å². The highest BCUT2D eigenvalue weighted by Crippen LogP contribution is 2.16. The zero-order valence-electron chi connectivity index (χ0n) is 15.4. The molecule has 1 heterocycles. The second kappa shape index (κ2) is 10.2. The van der Waals surface area contributed by atoms with Gasteiger partial charge in [-0.1, -0.05) is 29.8 Å². The first-order valence-electron chi connectivity index (χ1n) is 8.56. The summed E-state index contributed by atoms with van der Waals surface area (Å²) in [4.78, 5) is 10.4. The van der Waals surface area contributed by atoms with Crippen LogP contribution in [0.1, 0.15) is 12.5 Å². The molecule has 27 heavy (non-hydrogen) atoms. The molecule has 0 bridgehead atoms. The predicted octanol–water partition coefficient (Wildman–Crippen LogP) is 2.11. The van der Waals surface area contributed by atoms with Gasteiger partial charge < -0.3 is 10.2 Å². The highest BCUT2D eigenvalue weighted by molar-refractivity contribution is 7.89. The SMILES string of the molecule is CCNC(=NCCNS(=O)(=O)c1cccnc1)N(C)Cc1ccccc1Cl. The second-order valence-electron chi connectivity index (χ2n) is 5.77. The molecule has 0 atom stereocenters. The second-order valence-corrected chi connectivity index (χ2v) is 7.94. The maximum atomic E-state index is 12.2. The van der Waals surface area contributed by atoms with Crippen LogP contribution in [-0.2, 0) is 16.6 Å². The third-order valence-corrected chi connectivity index (χ3v) is 5.49. The van der Waals surface area contributed by atoms with Gasteiger partial charge in [0.05, 0.1) is 6.54 Å². The van der Waals surface area contributed by atoms with Gasteiger partial charge in [-0.15, -0.1) is 0 Å². The Morgan fingerprint density at radius 3 is 2.70 bits per heavy atom. The number of nitrogens with zero attached hydrogens (tertiary/aromatic N) is 3. The van der Waals surface area contributed by atoms with Gasteiger partial charge in [-0.3, -0.25) is 9.98 Å². The van der Waals surface area contributed by atoms with Crippen LogP contribution in [0.25, 0.3) is 0 Å². The van der Waals surface area contributed by atoms with E-state index in [9.17, 15) is 8.42 Å². The standard InChI is InChI=1S/C18H24ClN5O2S/c1-3-21-18(24(2)14-15-7-4-5-9-17(15)19)22-11-12-23-27(25,26)16-8-6-10-20-13-16/h4-10,13,23H,3,11-12,14H2,1-2H3,(H,21,22). The van der Waals surface area contributed by atoms with E-state index in [0.29, 0.717) is 30.6 Å². The van der Waals surface area contributed by atoms with Crippen molar-refractivity contribution in [3.8, 4) is 0 Å². The van der Waals surface area contributed by atoms with E-state index in [4.69, 9.17) is 11.6 Å². The molecule has 0 radical (unpaired) electrons. The lowest BCUT2D eigenvalue weighted by molar-refractivity contribution is 0.477. The predicted molar refractivity (Wildman–Crippen MR) is 108 cm³/mol. The molecular weight excluding hydrogens is 386 g/mol. The molecule has 2 aromatic rings. The average Bonchev–Trinajstić information content (AvgIpc) is 2.66. The van der Waals surface area contributed by atoms with Crippen molar-refractivity contribution in [2.45, 2.75) is 18.4 Å². The third kappa shape index (κ3) is 6.50. The lowest BCUT2D eigenvalue weighted by atomic mass is 10.2. The lowest BCUT2D eigenvalue weighted by Gasteiger charge is -2.22. The summed E-state index contributed by atoms with van der Waals surface area (Å²) < 4.78 is 26.9. The van der Waals surface area contributed by atoms with E-state index in [1.807, 2.05) is 43.1 Å². The van der Waals surface area contributed by atoms with Crippen LogP contribution in [0.5, 0.6) is 0 Å². The van der Waals surface area contributed by atoms with E-state index in [-0.39, 0.29) is 11.4 Å². The van der Waals surface area contributed by atoms with Gasteiger partial charge in [-0.05, 0) is 30.7 Å². The maximum absolute atomic E-state index is 12.2. The Morgan fingerprint density at radius 2 is 2.04 bits per heavy atom. The Bertz CT molecular complexity index is 859. The number of hydrogen-bond donors (Lipinski definition) is 2. The monoisotopic (exact) mass is 409 g/mol. The largest absolute Gasteiger partial charge is 0.357 e. The number of hydrogen-bond acceptors (Lipinski definition) is 4. The minimum atomic E-state index is -3.58. The Morgan fingerprint density at radius 1 is 1.26 bits per heavy atom. The molecule has 0 spiro atoms. The molecule has 146 valence electrons. The van der Waals surface area contributed by atoms with Crippen molar-refractivity contribution in [3.63, 3.8) is 0 Å². The number of aromatic nitrogens is 1. The molecule has 1 aromatic carbocycles. The zero-order valence-corrected chi connectivity index (χ0v) is 17.0. The van der Waals surface area contributed by atoms with Crippen LogP contribution in [0.15, 0.2) is 58.7 Å². The van der Waals surface area contributed by atoms with Crippen LogP contribution in [-0.4, -0.2) is 50.9 Å². The first-order chi connectivity index (χ1) is 12.9. The topological polar surface area (TPSA) is 86.7 Å². The number of sulfonamides is 1. The third-order valence-electron chi connectivity index (χ3n) is 3.67. The lowest BCUT2D eigenvalue weighted by Crippen LogP contribution is -2.39. The van der Waals surface area contributed by atoms with Crippen LogP contribution in [0.3, 0.4) is 0 Å². The Kier molecular flexibility index (Phi) is 8.02. The van der Waals surface area contributed by atoms with Crippen LogP contribution >= 0.6 is 11.6 Å². The first kappa shape index (κ1) is 21.1. The van der Waals surface area contributed by atoms with Crippen molar-refractivity contribution < 1.29 is 8.42 Å². The van der Waals surface area contributed by atoms with E-state index >= 15 is 0 Å². The van der Waals surface area contributed by atoms with E-state index in [1.165, 1.54) is 18.5 Å². The molecule has 0 saturated heterocycles. The van der Waals surface area contributed by atoms with Gasteiger partial charge in [0.15, 0.2) is 5.96 Å². The molecule has 0 saturated carbocycles. The summed E-state index contributed by atoms with van der Waals surface area (Å²) >= 11 is 6.22. The maximum Gasteiger partial charge on any atom is 0.242 e. The highest BCUT2D eigenvalue weighted by atomic mass is 35.5. The fraction of sp³-hybridized carbons (Fsp3) is 0.333. The van der Waals surface area contributed by atoms with E-state index in [1.54, 1.807) is 6.07 Å². The fourth-order valence-electron chi connectivity index (χ4n) is 2.36. The van der Waals surface area contributed by atoms with E-state index in [2.05, 4.69) is 20.0 Å². The summed E-state index contributed by atoms with van der Waals surface area (Å²) in [5.41, 5.74) is 0.990. The first-order valence-corrected chi connectivity index (χ1v) is 10.4. The molecule has 0 aliphatic heterocycles. The number of pyridine rings is 1. The molecule has 0 aliphatic rings. The molecule has 0 aliphatic carbocycles. The van der Waals surface area contributed by atoms with Gasteiger partial charge in [0.2, 0.25) is 10.0 Å². The summed E-state index contributed by atoms with van der Waals surface area (Å²) in [6.07, 6.45) is 2.84. The van der Waals surface area contributed by atoms with Crippen molar-refractivity contribution >= 4 is 27.6 Å². The molecule has 0 amide bonds. The van der Waals surface area contributed by atoms with E-state index in [0.717, 1.165) is 5.56 Å². The average molecular weight is 410 g/mol. The fourth-order valence-corrected chi connectivity index (χ4v) is 3.54.